The van der Waals surface area contributed by atoms with Gasteiger partial charge in [-0.2, -0.15) is 0 Å². The van der Waals surface area contributed by atoms with Gasteiger partial charge in [-0.3, -0.25) is 0 Å². The van der Waals surface area contributed by atoms with Crippen LogP contribution in [0.2, 0.25) is 0 Å². The van der Waals surface area contributed by atoms with Gasteiger partial charge in [-0.05, 0) is 43.2 Å². The molecular formula is C12H23N5OS. The molecule has 19 heavy (non-hydrogen) atoms. The number of tetrazole rings is 1. The van der Waals surface area contributed by atoms with Crippen LogP contribution >= 0.6 is 11.8 Å². The third-order valence-electron chi connectivity index (χ3n) is 2.94. The molecule has 0 bridgehead atoms. The van der Waals surface area contributed by atoms with E-state index in [4.69, 9.17) is 4.74 Å². The van der Waals surface area contributed by atoms with Gasteiger partial charge in [-0.1, -0.05) is 18.7 Å². The van der Waals surface area contributed by atoms with Crippen molar-refractivity contribution in [3.63, 3.8) is 0 Å². The highest BCUT2D eigenvalue weighted by molar-refractivity contribution is 7.99. The van der Waals surface area contributed by atoms with E-state index in [0.29, 0.717) is 11.3 Å². The fourth-order valence-electron chi connectivity index (χ4n) is 1.78. The van der Waals surface area contributed by atoms with E-state index in [0.717, 1.165) is 37.9 Å². The zero-order valence-electron chi connectivity index (χ0n) is 11.7. The average Bonchev–Trinajstić information content (AvgIpc) is 3.15. The molecule has 1 aliphatic carbocycles. The fourth-order valence-corrected chi connectivity index (χ4v) is 2.72. The Labute approximate surface area is 118 Å². The molecule has 1 fully saturated rings. The molecule has 1 atom stereocenters. The van der Waals surface area contributed by atoms with E-state index >= 15 is 0 Å². The molecule has 0 aromatic carbocycles. The van der Waals surface area contributed by atoms with Crippen LogP contribution < -0.4 is 5.32 Å². The second kappa shape index (κ2) is 7.81. The second-order valence-electron chi connectivity index (χ2n) is 4.82. The fraction of sp³-hybridized carbons (Fsp3) is 0.917. The van der Waals surface area contributed by atoms with Gasteiger partial charge in [0.15, 0.2) is 0 Å². The van der Waals surface area contributed by atoms with Gasteiger partial charge in [-0.15, -0.1) is 5.10 Å². The Balaban J connectivity index is 1.61. The summed E-state index contributed by atoms with van der Waals surface area (Å²) in [6, 6.07) is 0.545. The molecule has 0 spiro atoms. The summed E-state index contributed by atoms with van der Waals surface area (Å²) in [6.45, 7) is 7.83. The van der Waals surface area contributed by atoms with Crippen LogP contribution in [-0.4, -0.2) is 51.8 Å². The van der Waals surface area contributed by atoms with Gasteiger partial charge >= 0.3 is 0 Å². The largest absolute Gasteiger partial charge is 0.382 e. The summed E-state index contributed by atoms with van der Waals surface area (Å²) in [5, 5.41) is 16.8. The second-order valence-corrected chi connectivity index (χ2v) is 6.23. The Kier molecular flexibility index (Phi) is 6.06. The van der Waals surface area contributed by atoms with Crippen LogP contribution in [0.3, 0.4) is 0 Å². The van der Waals surface area contributed by atoms with Crippen molar-refractivity contribution < 1.29 is 4.74 Å². The van der Waals surface area contributed by atoms with Crippen LogP contribution in [-0.2, 0) is 4.74 Å². The number of thioether (sulfide) groups is 1. The number of nitrogens with zero attached hydrogens (tertiary/aromatic N) is 4. The minimum Gasteiger partial charge on any atom is -0.382 e. The number of hydrogen-bond donors (Lipinski definition) is 1. The molecule has 6 nitrogen and oxygen atoms in total. The molecule has 0 saturated heterocycles. The van der Waals surface area contributed by atoms with Crippen molar-refractivity contribution in [3.05, 3.63) is 0 Å². The quantitative estimate of drug-likeness (QED) is 0.519. The van der Waals surface area contributed by atoms with Crippen molar-refractivity contribution in [1.82, 2.24) is 25.5 Å². The third kappa shape index (κ3) is 5.08. The zero-order chi connectivity index (χ0) is 13.5. The molecule has 1 heterocycles. The predicted molar refractivity (Wildman–Crippen MR) is 75.4 cm³/mol. The van der Waals surface area contributed by atoms with Crippen molar-refractivity contribution in [2.24, 2.45) is 0 Å². The van der Waals surface area contributed by atoms with E-state index in [1.807, 2.05) is 11.6 Å². The standard InChI is InChI=1S/C12H23N5OS/c1-3-18-8-4-7-13-9-10(2)19-12-14-15-16-17(12)11-5-6-11/h10-11,13H,3-9H2,1-2H3. The van der Waals surface area contributed by atoms with Crippen molar-refractivity contribution in [2.45, 2.75) is 49.6 Å². The van der Waals surface area contributed by atoms with Gasteiger partial charge in [0.2, 0.25) is 5.16 Å². The van der Waals surface area contributed by atoms with E-state index in [2.05, 4.69) is 27.8 Å². The van der Waals surface area contributed by atoms with E-state index in [1.165, 1.54) is 12.8 Å². The summed E-state index contributed by atoms with van der Waals surface area (Å²) in [5.74, 6) is 0. The lowest BCUT2D eigenvalue weighted by molar-refractivity contribution is 0.145. The van der Waals surface area contributed by atoms with Crippen molar-refractivity contribution in [2.75, 3.05) is 26.3 Å². The van der Waals surface area contributed by atoms with Crippen LogP contribution in [0, 0.1) is 0 Å². The van der Waals surface area contributed by atoms with E-state index < -0.39 is 0 Å². The van der Waals surface area contributed by atoms with Gasteiger partial charge in [0.25, 0.3) is 0 Å². The summed E-state index contributed by atoms with van der Waals surface area (Å²) >= 11 is 1.75. The van der Waals surface area contributed by atoms with Gasteiger partial charge in [0.1, 0.15) is 0 Å². The van der Waals surface area contributed by atoms with Crippen LogP contribution in [0.5, 0.6) is 0 Å². The lowest BCUT2D eigenvalue weighted by Gasteiger charge is -2.11. The lowest BCUT2D eigenvalue weighted by atomic mass is 10.4. The van der Waals surface area contributed by atoms with E-state index in [9.17, 15) is 0 Å². The highest BCUT2D eigenvalue weighted by Crippen LogP contribution is 2.36. The minimum absolute atomic E-state index is 0.468. The summed E-state index contributed by atoms with van der Waals surface area (Å²) in [7, 11) is 0. The molecule has 1 aromatic heterocycles. The molecule has 0 amide bonds. The topological polar surface area (TPSA) is 64.9 Å². The maximum Gasteiger partial charge on any atom is 0.209 e. The smallest absolute Gasteiger partial charge is 0.209 e. The molecular weight excluding hydrogens is 262 g/mol. The van der Waals surface area contributed by atoms with Crippen molar-refractivity contribution in [3.8, 4) is 0 Å². The Morgan fingerprint density at radius 1 is 1.53 bits per heavy atom. The Morgan fingerprint density at radius 3 is 3.11 bits per heavy atom. The summed E-state index contributed by atoms with van der Waals surface area (Å²) < 4.78 is 7.27. The lowest BCUT2D eigenvalue weighted by Crippen LogP contribution is -2.24. The minimum atomic E-state index is 0.468. The molecule has 1 aliphatic rings. The molecule has 2 rings (SSSR count). The summed E-state index contributed by atoms with van der Waals surface area (Å²) in [4.78, 5) is 0. The molecule has 1 N–H and O–H groups in total. The van der Waals surface area contributed by atoms with Gasteiger partial charge < -0.3 is 10.1 Å². The first-order valence-corrected chi connectivity index (χ1v) is 7.92. The SMILES string of the molecule is CCOCCCNCC(C)Sc1nnnn1C1CC1. The van der Waals surface area contributed by atoms with Crippen LogP contribution in [0.25, 0.3) is 0 Å². The number of ether oxygens (including phenoxy) is 1. The number of nitrogens with one attached hydrogen (secondary N) is 1. The molecule has 7 heteroatoms. The Hall–Kier alpha value is -0.660. The van der Waals surface area contributed by atoms with Gasteiger partial charge in [-0.25, -0.2) is 4.68 Å². The monoisotopic (exact) mass is 285 g/mol. The molecule has 0 aliphatic heterocycles. The van der Waals surface area contributed by atoms with E-state index in [1.54, 1.807) is 11.8 Å². The molecule has 0 radical (unpaired) electrons. The van der Waals surface area contributed by atoms with Gasteiger partial charge in [0.05, 0.1) is 6.04 Å². The highest BCUT2D eigenvalue weighted by atomic mass is 32.2. The molecule has 1 saturated carbocycles. The van der Waals surface area contributed by atoms with Crippen molar-refractivity contribution >= 4 is 11.8 Å². The highest BCUT2D eigenvalue weighted by Gasteiger charge is 2.28. The van der Waals surface area contributed by atoms with Crippen LogP contribution in [0.1, 0.15) is 39.2 Å². The first-order chi connectivity index (χ1) is 9.31. The maximum absolute atomic E-state index is 5.30. The van der Waals surface area contributed by atoms with E-state index in [-0.39, 0.29) is 0 Å². The Morgan fingerprint density at radius 2 is 2.37 bits per heavy atom. The number of aromatic nitrogens is 4. The third-order valence-corrected chi connectivity index (χ3v) is 3.99. The van der Waals surface area contributed by atoms with Crippen LogP contribution in [0.15, 0.2) is 5.16 Å². The van der Waals surface area contributed by atoms with Gasteiger partial charge in [0, 0.05) is 25.0 Å². The Bertz CT molecular complexity index is 369. The zero-order valence-corrected chi connectivity index (χ0v) is 12.5. The first kappa shape index (κ1) is 14.7. The molecule has 1 aromatic rings. The number of hydrogen-bond acceptors (Lipinski definition) is 6. The first-order valence-electron chi connectivity index (χ1n) is 7.04. The predicted octanol–water partition coefficient (Wildman–Crippen LogP) is 1.50. The summed E-state index contributed by atoms with van der Waals surface area (Å²) in [5.41, 5.74) is 0. The molecule has 1 unspecified atom stereocenters. The van der Waals surface area contributed by atoms with Crippen molar-refractivity contribution in [1.29, 1.82) is 0 Å². The normalized spacial score (nSPS) is 16.7. The molecule has 108 valence electrons. The number of rotatable bonds is 10. The van der Waals surface area contributed by atoms with Crippen LogP contribution in [0.4, 0.5) is 0 Å². The average molecular weight is 285 g/mol. The summed E-state index contributed by atoms with van der Waals surface area (Å²) in [6.07, 6.45) is 3.48. The maximum atomic E-state index is 5.30.